The Hall–Kier alpha value is -1.18. The zero-order valence-corrected chi connectivity index (χ0v) is 12.3. The summed E-state index contributed by atoms with van der Waals surface area (Å²) in [7, 11) is -3.37. The van der Waals surface area contributed by atoms with Crippen LogP contribution in [0, 0.1) is 0 Å². The van der Waals surface area contributed by atoms with Crippen molar-refractivity contribution in [3.63, 3.8) is 0 Å². The molecule has 0 radical (unpaired) electrons. The number of halogens is 1. The fourth-order valence-corrected chi connectivity index (χ4v) is 2.72. The molecule has 19 heavy (non-hydrogen) atoms. The number of oxazole rings is 1. The molecule has 1 N–H and O–H groups in total. The molecule has 0 bridgehead atoms. The van der Waals surface area contributed by atoms with Gasteiger partial charge in [0.15, 0.2) is 15.6 Å². The lowest BCUT2D eigenvalue weighted by atomic mass is 10.2. The highest BCUT2D eigenvalue weighted by Gasteiger charge is 2.16. The zero-order chi connectivity index (χ0) is 13.9. The van der Waals surface area contributed by atoms with E-state index in [-0.39, 0.29) is 17.4 Å². The van der Waals surface area contributed by atoms with Crippen molar-refractivity contribution in [2.75, 3.05) is 12.4 Å². The number of aliphatic hydroxyl groups excluding tert-OH is 1. The molecule has 0 aliphatic heterocycles. The van der Waals surface area contributed by atoms with Crippen molar-refractivity contribution in [3.05, 3.63) is 40.8 Å². The maximum atomic E-state index is 11.5. The van der Waals surface area contributed by atoms with Gasteiger partial charge in [0.1, 0.15) is 5.75 Å². The Bertz CT molecular complexity index is 649. The predicted octanol–water partition coefficient (Wildman–Crippen LogP) is 2.01. The van der Waals surface area contributed by atoms with Crippen molar-refractivity contribution in [1.82, 2.24) is 4.98 Å². The molecule has 5 nitrogen and oxygen atoms in total. The number of aliphatic hydroxyl groups is 1. The molecule has 0 spiro atoms. The van der Waals surface area contributed by atoms with Gasteiger partial charge in [-0.3, -0.25) is 0 Å². The molecule has 0 aliphatic rings. The maximum Gasteiger partial charge on any atom is 0.210 e. The van der Waals surface area contributed by atoms with Crippen LogP contribution in [0.4, 0.5) is 0 Å². The highest BCUT2D eigenvalue weighted by Crippen LogP contribution is 2.23. The first-order valence-corrected chi connectivity index (χ1v) is 8.13. The Morgan fingerprint density at radius 1 is 1.26 bits per heavy atom. The number of sulfone groups is 1. The Labute approximate surface area is 119 Å². The van der Waals surface area contributed by atoms with E-state index in [1.54, 1.807) is 0 Å². The summed E-state index contributed by atoms with van der Waals surface area (Å²) in [6.45, 7) is -0.400. The highest BCUT2D eigenvalue weighted by atomic mass is 79.9. The number of aromatic nitrogens is 1. The van der Waals surface area contributed by atoms with E-state index < -0.39 is 16.4 Å². The van der Waals surface area contributed by atoms with Gasteiger partial charge in [-0.25, -0.2) is 13.4 Å². The number of hydrogen-bond acceptors (Lipinski definition) is 5. The third-order valence-electron chi connectivity index (χ3n) is 2.43. The van der Waals surface area contributed by atoms with Crippen LogP contribution in [0.25, 0.3) is 11.3 Å². The molecule has 0 amide bonds. The average molecular weight is 346 g/mol. The van der Waals surface area contributed by atoms with Gasteiger partial charge in [0, 0.05) is 10.0 Å². The first-order chi connectivity index (χ1) is 9.00. The van der Waals surface area contributed by atoms with Gasteiger partial charge in [-0.1, -0.05) is 28.1 Å². The van der Waals surface area contributed by atoms with Crippen LogP contribution in [0.2, 0.25) is 0 Å². The van der Waals surface area contributed by atoms with Gasteiger partial charge in [0.25, 0.3) is 0 Å². The van der Waals surface area contributed by atoms with Crippen molar-refractivity contribution in [1.29, 1.82) is 0 Å². The summed E-state index contributed by atoms with van der Waals surface area (Å²) in [4.78, 5) is 3.94. The molecular formula is C12H12BrNO4S. The lowest BCUT2D eigenvalue weighted by Crippen LogP contribution is -2.12. The summed E-state index contributed by atoms with van der Waals surface area (Å²) in [6.07, 6.45) is 1.49. The molecule has 2 rings (SSSR count). The summed E-state index contributed by atoms with van der Waals surface area (Å²) >= 11 is 3.33. The van der Waals surface area contributed by atoms with Gasteiger partial charge in [0.2, 0.25) is 5.89 Å². The minimum atomic E-state index is -3.37. The van der Waals surface area contributed by atoms with Crippen LogP contribution >= 0.6 is 15.9 Å². The van der Waals surface area contributed by atoms with E-state index >= 15 is 0 Å². The topological polar surface area (TPSA) is 80.4 Å². The van der Waals surface area contributed by atoms with E-state index in [1.807, 2.05) is 24.3 Å². The van der Waals surface area contributed by atoms with Crippen molar-refractivity contribution >= 4 is 25.8 Å². The molecule has 0 unspecified atom stereocenters. The minimum Gasteiger partial charge on any atom is -0.440 e. The molecule has 0 aliphatic carbocycles. The maximum absolute atomic E-state index is 11.5. The van der Waals surface area contributed by atoms with Crippen molar-refractivity contribution in [2.24, 2.45) is 0 Å². The first kappa shape index (κ1) is 14.2. The van der Waals surface area contributed by atoms with Gasteiger partial charge < -0.3 is 9.52 Å². The van der Waals surface area contributed by atoms with Gasteiger partial charge in [-0.2, -0.15) is 0 Å². The van der Waals surface area contributed by atoms with E-state index in [1.165, 1.54) is 6.20 Å². The van der Waals surface area contributed by atoms with Crippen molar-refractivity contribution in [3.8, 4) is 11.3 Å². The van der Waals surface area contributed by atoms with E-state index in [0.29, 0.717) is 5.76 Å². The molecule has 0 atom stereocenters. The molecule has 7 heteroatoms. The molecule has 1 aromatic heterocycles. The van der Waals surface area contributed by atoms with Crippen LogP contribution in [0.1, 0.15) is 5.89 Å². The Morgan fingerprint density at radius 3 is 2.58 bits per heavy atom. The van der Waals surface area contributed by atoms with Gasteiger partial charge in [-0.15, -0.1) is 0 Å². The molecule has 1 heterocycles. The molecule has 0 saturated heterocycles. The number of benzene rings is 1. The molecule has 1 aromatic carbocycles. The third kappa shape index (κ3) is 3.89. The molecule has 0 fully saturated rings. The fraction of sp³-hybridized carbons (Fsp3) is 0.250. The number of nitrogens with zero attached hydrogens (tertiary/aromatic N) is 1. The van der Waals surface area contributed by atoms with E-state index in [0.717, 1.165) is 10.0 Å². The predicted molar refractivity (Wildman–Crippen MR) is 74.2 cm³/mol. The molecule has 2 aromatic rings. The van der Waals surface area contributed by atoms with Crippen LogP contribution in [0.5, 0.6) is 0 Å². The van der Waals surface area contributed by atoms with E-state index in [9.17, 15) is 8.42 Å². The van der Waals surface area contributed by atoms with E-state index in [2.05, 4.69) is 20.9 Å². The molecule has 0 saturated carbocycles. The standard InChI is InChI=1S/C12H12BrNO4S/c13-10-3-1-9(2-4-10)11-7-14-12(18-11)8-19(16,17)6-5-15/h1-4,7,15H,5-6,8H2. The van der Waals surface area contributed by atoms with Crippen LogP contribution < -0.4 is 0 Å². The van der Waals surface area contributed by atoms with Gasteiger partial charge in [0.05, 0.1) is 18.6 Å². The quantitative estimate of drug-likeness (QED) is 0.896. The van der Waals surface area contributed by atoms with Crippen molar-refractivity contribution < 1.29 is 17.9 Å². The van der Waals surface area contributed by atoms with E-state index in [4.69, 9.17) is 9.52 Å². The van der Waals surface area contributed by atoms with Gasteiger partial charge in [-0.05, 0) is 12.1 Å². The summed E-state index contributed by atoms with van der Waals surface area (Å²) in [6, 6.07) is 7.41. The first-order valence-electron chi connectivity index (χ1n) is 5.52. The Kier molecular flexibility index (Phi) is 4.38. The smallest absolute Gasteiger partial charge is 0.210 e. The highest BCUT2D eigenvalue weighted by molar-refractivity contribution is 9.10. The number of hydrogen-bond donors (Lipinski definition) is 1. The fourth-order valence-electron chi connectivity index (χ4n) is 1.52. The number of rotatable bonds is 5. The summed E-state index contributed by atoms with van der Waals surface area (Å²) in [5.41, 5.74) is 0.821. The third-order valence-corrected chi connectivity index (χ3v) is 4.45. The zero-order valence-electron chi connectivity index (χ0n) is 9.91. The molecular weight excluding hydrogens is 334 g/mol. The molecule has 102 valence electrons. The lowest BCUT2D eigenvalue weighted by molar-refractivity contribution is 0.319. The van der Waals surface area contributed by atoms with Crippen molar-refractivity contribution in [2.45, 2.75) is 5.75 Å². The van der Waals surface area contributed by atoms with Crippen LogP contribution in [-0.2, 0) is 15.6 Å². The second-order valence-electron chi connectivity index (χ2n) is 3.94. The minimum absolute atomic E-state index is 0.131. The second kappa shape index (κ2) is 5.85. The normalized spacial score (nSPS) is 11.7. The summed E-state index contributed by atoms with van der Waals surface area (Å²) < 4.78 is 29.4. The summed E-state index contributed by atoms with van der Waals surface area (Å²) in [5.74, 6) is 0.0562. The van der Waals surface area contributed by atoms with Crippen LogP contribution in [0.3, 0.4) is 0 Å². The van der Waals surface area contributed by atoms with Crippen LogP contribution in [0.15, 0.2) is 39.4 Å². The Morgan fingerprint density at radius 2 is 1.95 bits per heavy atom. The van der Waals surface area contributed by atoms with Crippen LogP contribution in [-0.4, -0.2) is 30.9 Å². The largest absolute Gasteiger partial charge is 0.440 e. The average Bonchev–Trinajstić information content (AvgIpc) is 2.77. The second-order valence-corrected chi connectivity index (χ2v) is 7.04. The van der Waals surface area contributed by atoms with Gasteiger partial charge >= 0.3 is 0 Å². The lowest BCUT2D eigenvalue weighted by Gasteiger charge is -1.98. The SMILES string of the molecule is O=S(=O)(CCO)Cc1ncc(-c2ccc(Br)cc2)o1. The monoisotopic (exact) mass is 345 g/mol. The Balaban J connectivity index is 2.18. The summed E-state index contributed by atoms with van der Waals surface area (Å²) in [5, 5.41) is 8.65.